The molecule has 0 N–H and O–H groups in total. The number of nitrogens with zero attached hydrogens (tertiary/aromatic N) is 3. The normalized spacial score (nSPS) is 9.94. The minimum atomic E-state index is -0.427. The number of benzene rings is 1. The predicted octanol–water partition coefficient (Wildman–Crippen LogP) is 2.76. The molecule has 0 atom stereocenters. The van der Waals surface area contributed by atoms with Crippen LogP contribution >= 0.6 is 0 Å². The van der Waals surface area contributed by atoms with Crippen LogP contribution < -0.4 is 4.90 Å². The zero-order valence-corrected chi connectivity index (χ0v) is 9.28. The maximum atomic E-state index is 10.7. The van der Waals surface area contributed by atoms with E-state index in [-0.39, 0.29) is 5.69 Å². The molecule has 0 unspecified atom stereocenters. The number of nitro groups is 1. The Labute approximate surface area is 98.5 Å². The van der Waals surface area contributed by atoms with Crippen LogP contribution in [0.1, 0.15) is 0 Å². The van der Waals surface area contributed by atoms with E-state index in [0.29, 0.717) is 5.82 Å². The van der Waals surface area contributed by atoms with Crippen molar-refractivity contribution in [3.05, 3.63) is 58.8 Å². The van der Waals surface area contributed by atoms with Crippen molar-refractivity contribution in [1.29, 1.82) is 0 Å². The average Bonchev–Trinajstić information content (AvgIpc) is 2.39. The van der Waals surface area contributed by atoms with E-state index in [1.165, 1.54) is 18.3 Å². The lowest BCUT2D eigenvalue weighted by molar-refractivity contribution is -0.384. The van der Waals surface area contributed by atoms with E-state index < -0.39 is 4.92 Å². The van der Waals surface area contributed by atoms with Gasteiger partial charge in [0, 0.05) is 25.0 Å². The summed E-state index contributed by atoms with van der Waals surface area (Å²) in [5.74, 6) is 0.547. The Balaban J connectivity index is 2.34. The van der Waals surface area contributed by atoms with Crippen molar-refractivity contribution >= 4 is 17.2 Å². The van der Waals surface area contributed by atoms with Crippen molar-refractivity contribution < 1.29 is 4.92 Å². The summed E-state index contributed by atoms with van der Waals surface area (Å²) in [4.78, 5) is 16.2. The molecule has 0 aliphatic rings. The summed E-state index contributed by atoms with van der Waals surface area (Å²) in [6.07, 6.45) is 1.44. The predicted molar refractivity (Wildman–Crippen MR) is 65.4 cm³/mol. The molecule has 0 saturated carbocycles. The van der Waals surface area contributed by atoms with Crippen molar-refractivity contribution in [2.24, 2.45) is 0 Å². The molecule has 5 nitrogen and oxygen atoms in total. The monoisotopic (exact) mass is 229 g/mol. The summed E-state index contributed by atoms with van der Waals surface area (Å²) in [7, 11) is 1.82. The van der Waals surface area contributed by atoms with Crippen LogP contribution in [0.3, 0.4) is 0 Å². The number of rotatable bonds is 3. The minimum absolute atomic E-state index is 0.0396. The standard InChI is InChI=1S/C12H11N3O2/c1-14(10-5-3-2-4-6-10)12-9-11(15(16)17)7-8-13-12/h2-9H,1H3. The Hall–Kier alpha value is -2.43. The maximum Gasteiger partial charge on any atom is 0.274 e. The van der Waals surface area contributed by atoms with Crippen molar-refractivity contribution in [3.63, 3.8) is 0 Å². The van der Waals surface area contributed by atoms with Crippen LogP contribution in [0.15, 0.2) is 48.7 Å². The van der Waals surface area contributed by atoms with E-state index in [2.05, 4.69) is 4.98 Å². The van der Waals surface area contributed by atoms with Gasteiger partial charge in [-0.3, -0.25) is 10.1 Å². The first kappa shape index (κ1) is 11.1. The lowest BCUT2D eigenvalue weighted by atomic mass is 10.3. The van der Waals surface area contributed by atoms with Gasteiger partial charge in [-0.15, -0.1) is 0 Å². The number of anilines is 2. The van der Waals surface area contributed by atoms with Gasteiger partial charge in [-0.25, -0.2) is 4.98 Å². The third-order valence-electron chi connectivity index (χ3n) is 2.43. The Kier molecular flexibility index (Phi) is 3.00. The molecule has 0 spiro atoms. The number of aromatic nitrogens is 1. The highest BCUT2D eigenvalue weighted by Crippen LogP contribution is 2.23. The minimum Gasteiger partial charge on any atom is -0.329 e. The van der Waals surface area contributed by atoms with Gasteiger partial charge in [0.25, 0.3) is 5.69 Å². The molecule has 86 valence electrons. The molecule has 17 heavy (non-hydrogen) atoms. The van der Waals surface area contributed by atoms with Crippen LogP contribution in [-0.2, 0) is 0 Å². The molecule has 0 fully saturated rings. The summed E-state index contributed by atoms with van der Waals surface area (Å²) in [6, 6.07) is 12.4. The fourth-order valence-electron chi connectivity index (χ4n) is 1.49. The largest absolute Gasteiger partial charge is 0.329 e. The van der Waals surface area contributed by atoms with Crippen molar-refractivity contribution in [1.82, 2.24) is 4.98 Å². The van der Waals surface area contributed by atoms with Crippen molar-refractivity contribution in [2.75, 3.05) is 11.9 Å². The van der Waals surface area contributed by atoms with Gasteiger partial charge in [0.2, 0.25) is 0 Å². The van der Waals surface area contributed by atoms with Gasteiger partial charge in [-0.1, -0.05) is 18.2 Å². The fourth-order valence-corrected chi connectivity index (χ4v) is 1.49. The van der Waals surface area contributed by atoms with E-state index in [9.17, 15) is 10.1 Å². The summed E-state index contributed by atoms with van der Waals surface area (Å²) in [5.41, 5.74) is 0.971. The second-order valence-corrected chi connectivity index (χ2v) is 3.52. The zero-order valence-electron chi connectivity index (χ0n) is 9.28. The van der Waals surface area contributed by atoms with Gasteiger partial charge < -0.3 is 4.90 Å². The SMILES string of the molecule is CN(c1ccccc1)c1cc([N+](=O)[O-])ccn1. The molecule has 0 saturated heterocycles. The highest BCUT2D eigenvalue weighted by molar-refractivity contribution is 5.60. The molecule has 1 aromatic heterocycles. The second kappa shape index (κ2) is 4.61. The molecule has 0 aliphatic heterocycles. The summed E-state index contributed by atoms with van der Waals surface area (Å²) in [5, 5.41) is 10.7. The number of hydrogen-bond acceptors (Lipinski definition) is 4. The van der Waals surface area contributed by atoms with Crippen molar-refractivity contribution in [2.45, 2.75) is 0 Å². The van der Waals surface area contributed by atoms with Crippen LogP contribution in [0.2, 0.25) is 0 Å². The van der Waals surface area contributed by atoms with Crippen molar-refractivity contribution in [3.8, 4) is 0 Å². The van der Waals surface area contributed by atoms with Crippen LogP contribution in [0, 0.1) is 10.1 Å². The molecule has 1 aromatic carbocycles. The molecular weight excluding hydrogens is 218 g/mol. The van der Waals surface area contributed by atoms with E-state index in [1.807, 2.05) is 37.4 Å². The number of hydrogen-bond donors (Lipinski definition) is 0. The number of para-hydroxylation sites is 1. The molecule has 2 rings (SSSR count). The van der Waals surface area contributed by atoms with Crippen LogP contribution in [0.5, 0.6) is 0 Å². The average molecular weight is 229 g/mol. The van der Waals surface area contributed by atoms with E-state index in [1.54, 1.807) is 4.90 Å². The molecule has 0 bridgehead atoms. The molecule has 0 aliphatic carbocycles. The molecule has 2 aromatic rings. The van der Waals surface area contributed by atoms with Crippen LogP contribution in [-0.4, -0.2) is 17.0 Å². The molecule has 0 amide bonds. The Bertz CT molecular complexity index is 528. The van der Waals surface area contributed by atoms with E-state index in [0.717, 1.165) is 5.69 Å². The van der Waals surface area contributed by atoms with Gasteiger partial charge in [0.15, 0.2) is 0 Å². The highest BCUT2D eigenvalue weighted by Gasteiger charge is 2.10. The lowest BCUT2D eigenvalue weighted by Crippen LogP contribution is -2.11. The smallest absolute Gasteiger partial charge is 0.274 e. The first-order valence-corrected chi connectivity index (χ1v) is 5.08. The molecule has 5 heteroatoms. The Morgan fingerprint density at radius 2 is 1.94 bits per heavy atom. The van der Waals surface area contributed by atoms with Gasteiger partial charge in [-0.2, -0.15) is 0 Å². The second-order valence-electron chi connectivity index (χ2n) is 3.52. The Morgan fingerprint density at radius 1 is 1.24 bits per heavy atom. The van der Waals surface area contributed by atoms with Gasteiger partial charge in [0.1, 0.15) is 5.82 Å². The topological polar surface area (TPSA) is 59.3 Å². The Morgan fingerprint density at radius 3 is 2.59 bits per heavy atom. The summed E-state index contributed by atoms with van der Waals surface area (Å²) >= 11 is 0. The van der Waals surface area contributed by atoms with Gasteiger partial charge >= 0.3 is 0 Å². The third kappa shape index (κ3) is 2.39. The molecule has 1 heterocycles. The van der Waals surface area contributed by atoms with Crippen LogP contribution in [0.4, 0.5) is 17.2 Å². The molecular formula is C12H11N3O2. The van der Waals surface area contributed by atoms with Gasteiger partial charge in [-0.05, 0) is 12.1 Å². The maximum absolute atomic E-state index is 10.7. The zero-order chi connectivity index (χ0) is 12.3. The first-order valence-electron chi connectivity index (χ1n) is 5.08. The lowest BCUT2D eigenvalue weighted by Gasteiger charge is -2.17. The van der Waals surface area contributed by atoms with E-state index in [4.69, 9.17) is 0 Å². The van der Waals surface area contributed by atoms with Crippen LogP contribution in [0.25, 0.3) is 0 Å². The molecule has 0 radical (unpaired) electrons. The number of pyridine rings is 1. The first-order chi connectivity index (χ1) is 8.18. The fraction of sp³-hybridized carbons (Fsp3) is 0.0833. The highest BCUT2D eigenvalue weighted by atomic mass is 16.6. The van der Waals surface area contributed by atoms with Gasteiger partial charge in [0.05, 0.1) is 11.0 Å². The third-order valence-corrected chi connectivity index (χ3v) is 2.43. The summed E-state index contributed by atoms with van der Waals surface area (Å²) in [6.45, 7) is 0. The summed E-state index contributed by atoms with van der Waals surface area (Å²) < 4.78 is 0. The van der Waals surface area contributed by atoms with E-state index >= 15 is 0 Å². The quantitative estimate of drug-likeness (QED) is 0.599.